The first-order valence-corrected chi connectivity index (χ1v) is 11.6. The topological polar surface area (TPSA) is 97.0 Å². The standard InChI is InChI=1S/C24H28N4O3S/c1-23(2,3)31-22(30)28-13-18-14-32-21(26-20(29)16-8-5-4-6-9-16)27-24(18,15-28)17-10-7-11-19(25)12-17/h4-12,18H,13-15,25H2,1-3H3,(H,26,27,29). The second-order valence-electron chi connectivity index (χ2n) is 9.16. The Kier molecular flexibility index (Phi) is 5.90. The Bertz CT molecular complexity index is 1050. The van der Waals surface area contributed by atoms with Gasteiger partial charge < -0.3 is 20.7 Å². The number of nitrogens with one attached hydrogen (secondary N) is 1. The smallest absolute Gasteiger partial charge is 0.410 e. The van der Waals surface area contributed by atoms with Crippen LogP contribution in [0.3, 0.4) is 0 Å². The lowest BCUT2D eigenvalue weighted by Crippen LogP contribution is -2.43. The average Bonchev–Trinajstić information content (AvgIpc) is 3.14. The van der Waals surface area contributed by atoms with E-state index in [4.69, 9.17) is 15.5 Å². The highest BCUT2D eigenvalue weighted by Crippen LogP contribution is 2.46. The van der Waals surface area contributed by atoms with E-state index in [0.29, 0.717) is 35.3 Å². The molecule has 3 N–H and O–H groups in total. The van der Waals surface area contributed by atoms with Crippen molar-refractivity contribution in [2.24, 2.45) is 10.9 Å². The van der Waals surface area contributed by atoms with Crippen molar-refractivity contribution < 1.29 is 14.3 Å². The molecule has 2 aromatic rings. The van der Waals surface area contributed by atoms with Gasteiger partial charge in [0.05, 0.1) is 6.54 Å². The van der Waals surface area contributed by atoms with Crippen molar-refractivity contribution in [3.8, 4) is 0 Å². The van der Waals surface area contributed by atoms with Crippen molar-refractivity contribution in [2.45, 2.75) is 31.9 Å². The summed E-state index contributed by atoms with van der Waals surface area (Å²) >= 11 is 1.49. The molecule has 4 rings (SSSR count). The van der Waals surface area contributed by atoms with E-state index < -0.39 is 11.1 Å². The van der Waals surface area contributed by atoms with Crippen LogP contribution in [0.1, 0.15) is 36.7 Å². The van der Waals surface area contributed by atoms with Crippen molar-refractivity contribution in [3.63, 3.8) is 0 Å². The number of aliphatic imine (C=N–C) groups is 1. The maximum Gasteiger partial charge on any atom is 0.410 e. The molecule has 0 saturated carbocycles. The highest BCUT2D eigenvalue weighted by molar-refractivity contribution is 8.13. The Balaban J connectivity index is 1.67. The molecule has 1 fully saturated rings. The molecule has 2 aliphatic rings. The highest BCUT2D eigenvalue weighted by Gasteiger charge is 2.52. The molecule has 32 heavy (non-hydrogen) atoms. The average molecular weight is 453 g/mol. The summed E-state index contributed by atoms with van der Waals surface area (Å²) < 4.78 is 5.62. The molecule has 0 aliphatic carbocycles. The number of hydrogen-bond donors (Lipinski definition) is 2. The van der Waals surface area contributed by atoms with E-state index in [1.165, 1.54) is 11.8 Å². The fourth-order valence-corrected chi connectivity index (χ4v) is 5.23. The molecule has 0 spiro atoms. The summed E-state index contributed by atoms with van der Waals surface area (Å²) in [6.07, 6.45) is -0.356. The summed E-state index contributed by atoms with van der Waals surface area (Å²) in [6.45, 7) is 6.45. The Morgan fingerprint density at radius 1 is 1.19 bits per heavy atom. The van der Waals surface area contributed by atoms with Crippen LogP contribution in [0.4, 0.5) is 10.5 Å². The van der Waals surface area contributed by atoms with E-state index in [0.717, 1.165) is 5.56 Å². The Morgan fingerprint density at radius 2 is 1.94 bits per heavy atom. The molecule has 2 heterocycles. The Morgan fingerprint density at radius 3 is 2.62 bits per heavy atom. The molecular weight excluding hydrogens is 424 g/mol. The minimum atomic E-state index is -0.698. The monoisotopic (exact) mass is 452 g/mol. The number of thioether (sulfide) groups is 1. The van der Waals surface area contributed by atoms with Crippen molar-refractivity contribution in [2.75, 3.05) is 24.6 Å². The zero-order valence-corrected chi connectivity index (χ0v) is 19.3. The van der Waals surface area contributed by atoms with Crippen molar-refractivity contribution in [1.82, 2.24) is 10.2 Å². The fraction of sp³-hybridized carbons (Fsp3) is 0.375. The van der Waals surface area contributed by atoms with E-state index >= 15 is 0 Å². The van der Waals surface area contributed by atoms with Crippen LogP contribution in [-0.2, 0) is 10.3 Å². The lowest BCUT2D eigenvalue weighted by molar-refractivity contribution is 0.0282. The predicted octanol–water partition coefficient (Wildman–Crippen LogP) is 3.86. The van der Waals surface area contributed by atoms with E-state index in [-0.39, 0.29) is 17.9 Å². The van der Waals surface area contributed by atoms with Gasteiger partial charge in [0.2, 0.25) is 0 Å². The van der Waals surface area contributed by atoms with Gasteiger partial charge in [-0.25, -0.2) is 9.79 Å². The molecule has 168 valence electrons. The van der Waals surface area contributed by atoms with Crippen molar-refractivity contribution in [3.05, 3.63) is 65.7 Å². The number of benzene rings is 2. The van der Waals surface area contributed by atoms with Crippen LogP contribution in [0.25, 0.3) is 0 Å². The Labute approximate surface area is 192 Å². The molecule has 2 atom stereocenters. The third-order valence-corrected chi connectivity index (χ3v) is 6.60. The summed E-state index contributed by atoms with van der Waals surface area (Å²) in [7, 11) is 0. The highest BCUT2D eigenvalue weighted by atomic mass is 32.2. The summed E-state index contributed by atoms with van der Waals surface area (Å²) in [5, 5.41) is 3.49. The SMILES string of the molecule is CC(C)(C)OC(=O)N1CC2CSC(NC(=O)c3ccccc3)=NC2(c2cccc(N)c2)C1. The summed E-state index contributed by atoms with van der Waals surface area (Å²) in [5.41, 5.74) is 6.94. The summed E-state index contributed by atoms with van der Waals surface area (Å²) in [4.78, 5) is 32.3. The number of amides is 2. The van der Waals surface area contributed by atoms with E-state index in [1.807, 2.05) is 63.2 Å². The number of carbonyl (C=O) groups is 2. The number of hydrogen-bond acceptors (Lipinski definition) is 6. The number of rotatable bonds is 2. The number of carbonyl (C=O) groups excluding carboxylic acids is 2. The van der Waals surface area contributed by atoms with Gasteiger partial charge in [-0.1, -0.05) is 42.1 Å². The van der Waals surface area contributed by atoms with Gasteiger partial charge in [-0.3, -0.25) is 4.79 Å². The van der Waals surface area contributed by atoms with Gasteiger partial charge >= 0.3 is 6.09 Å². The first-order chi connectivity index (χ1) is 15.2. The fourth-order valence-electron chi connectivity index (χ4n) is 4.10. The van der Waals surface area contributed by atoms with Gasteiger partial charge in [0.1, 0.15) is 11.1 Å². The van der Waals surface area contributed by atoms with Gasteiger partial charge in [-0.2, -0.15) is 0 Å². The number of fused-ring (bicyclic) bond motifs is 1. The molecule has 1 saturated heterocycles. The van der Waals surface area contributed by atoms with Crippen LogP contribution in [0, 0.1) is 5.92 Å². The van der Waals surface area contributed by atoms with Crippen molar-refractivity contribution in [1.29, 1.82) is 0 Å². The molecule has 0 radical (unpaired) electrons. The predicted molar refractivity (Wildman–Crippen MR) is 128 cm³/mol. The molecule has 0 bridgehead atoms. The molecule has 8 heteroatoms. The number of likely N-dealkylation sites (tertiary alicyclic amines) is 1. The quantitative estimate of drug-likeness (QED) is 0.675. The third-order valence-electron chi connectivity index (χ3n) is 5.57. The molecule has 7 nitrogen and oxygen atoms in total. The second kappa shape index (κ2) is 8.50. The lowest BCUT2D eigenvalue weighted by Gasteiger charge is -2.35. The van der Waals surface area contributed by atoms with Crippen molar-refractivity contribution >= 4 is 34.6 Å². The van der Waals surface area contributed by atoms with Gasteiger partial charge in [-0.05, 0) is 50.6 Å². The minimum Gasteiger partial charge on any atom is -0.444 e. The first kappa shape index (κ1) is 22.2. The third kappa shape index (κ3) is 4.60. The van der Waals surface area contributed by atoms with Crippen LogP contribution in [0.15, 0.2) is 59.6 Å². The van der Waals surface area contributed by atoms with Gasteiger partial charge in [0, 0.05) is 29.5 Å². The van der Waals surface area contributed by atoms with Gasteiger partial charge in [0.25, 0.3) is 5.91 Å². The van der Waals surface area contributed by atoms with Crippen LogP contribution < -0.4 is 11.1 Å². The second-order valence-corrected chi connectivity index (χ2v) is 10.2. The number of nitrogens with zero attached hydrogens (tertiary/aromatic N) is 2. The van der Waals surface area contributed by atoms with E-state index in [9.17, 15) is 9.59 Å². The normalized spacial score (nSPS) is 22.7. The molecular formula is C24H28N4O3S. The van der Waals surface area contributed by atoms with Crippen LogP contribution >= 0.6 is 11.8 Å². The van der Waals surface area contributed by atoms with Crippen LogP contribution in [0.2, 0.25) is 0 Å². The van der Waals surface area contributed by atoms with Gasteiger partial charge in [-0.15, -0.1) is 0 Å². The van der Waals surface area contributed by atoms with E-state index in [1.54, 1.807) is 17.0 Å². The molecule has 2 aromatic carbocycles. The van der Waals surface area contributed by atoms with Crippen LogP contribution in [0.5, 0.6) is 0 Å². The molecule has 2 unspecified atom stereocenters. The van der Waals surface area contributed by atoms with Gasteiger partial charge in [0.15, 0.2) is 5.17 Å². The van der Waals surface area contributed by atoms with E-state index in [2.05, 4.69) is 5.32 Å². The lowest BCUT2D eigenvalue weighted by atomic mass is 9.81. The number of ether oxygens (including phenoxy) is 1. The minimum absolute atomic E-state index is 0.0687. The summed E-state index contributed by atoms with van der Waals surface area (Å²) in [6, 6.07) is 16.7. The maximum atomic E-state index is 12.8. The van der Waals surface area contributed by atoms with Crippen LogP contribution in [-0.4, -0.2) is 46.5 Å². The Hall–Kier alpha value is -3.00. The number of nitrogen functional groups attached to an aromatic ring is 1. The molecule has 2 amide bonds. The maximum absolute atomic E-state index is 12.8. The largest absolute Gasteiger partial charge is 0.444 e. The molecule has 0 aromatic heterocycles. The number of anilines is 1. The molecule has 2 aliphatic heterocycles. The zero-order chi connectivity index (χ0) is 22.9. The first-order valence-electron chi connectivity index (χ1n) is 10.6. The number of amidine groups is 1. The number of nitrogens with two attached hydrogens (primary N) is 1. The summed E-state index contributed by atoms with van der Waals surface area (Å²) in [5.74, 6) is 0.571. The zero-order valence-electron chi connectivity index (χ0n) is 18.5.